The highest BCUT2D eigenvalue weighted by Gasteiger charge is 2.19. The Morgan fingerprint density at radius 3 is 2.37 bits per heavy atom. The number of aromatic amines is 1. The Kier molecular flexibility index (Phi) is 6.80. The van der Waals surface area contributed by atoms with Crippen molar-refractivity contribution < 1.29 is 4.74 Å². The van der Waals surface area contributed by atoms with Crippen molar-refractivity contribution in [3.05, 3.63) is 60.1 Å². The van der Waals surface area contributed by atoms with Crippen LogP contribution in [-0.4, -0.2) is 24.7 Å². The number of hydrogen-bond donors (Lipinski definition) is 1. The van der Waals surface area contributed by atoms with Crippen LogP contribution in [-0.2, 0) is 7.05 Å². The molecule has 11 heteroatoms. The van der Waals surface area contributed by atoms with Gasteiger partial charge in [-0.3, -0.25) is 9.78 Å². The van der Waals surface area contributed by atoms with E-state index in [0.717, 1.165) is 17.5 Å². The monoisotopic (exact) mass is 469 g/mol. The Labute approximate surface area is 186 Å². The number of rotatable bonds is 6. The molecule has 30 heavy (non-hydrogen) atoms. The van der Waals surface area contributed by atoms with Gasteiger partial charge < -0.3 is 4.74 Å². The van der Waals surface area contributed by atoms with Gasteiger partial charge in [0.2, 0.25) is 5.88 Å². The van der Waals surface area contributed by atoms with E-state index >= 15 is 0 Å². The summed E-state index contributed by atoms with van der Waals surface area (Å²) in [5.74, 6) is 0.482. The zero-order valence-electron chi connectivity index (χ0n) is 16.4. The minimum Gasteiger partial charge on any atom is -0.434 e. The molecule has 1 N–H and O–H groups in total. The van der Waals surface area contributed by atoms with Crippen LogP contribution in [0.15, 0.2) is 27.9 Å². The van der Waals surface area contributed by atoms with Gasteiger partial charge in [-0.15, -0.1) is 0 Å². The molecule has 0 bridgehead atoms. The predicted octanol–water partition coefficient (Wildman–Crippen LogP) is 4.58. The molecule has 1 aromatic carbocycles. The van der Waals surface area contributed by atoms with Crippen LogP contribution in [0, 0.1) is 0 Å². The minimum absolute atomic E-state index is 0.00486. The maximum Gasteiger partial charge on any atom is 0.344 e. The molecule has 0 aliphatic carbocycles. The first-order chi connectivity index (χ1) is 14.2. The lowest BCUT2D eigenvalue weighted by Crippen LogP contribution is -2.31. The average Bonchev–Trinajstić information content (AvgIpc) is 2.70. The molecule has 3 aromatic rings. The summed E-state index contributed by atoms with van der Waals surface area (Å²) in [4.78, 5) is 34.4. The van der Waals surface area contributed by atoms with Crippen molar-refractivity contribution in [2.24, 2.45) is 7.05 Å². The molecule has 0 saturated carbocycles. The summed E-state index contributed by atoms with van der Waals surface area (Å²) in [6.45, 7) is 4.09. The number of hydrogen-bond acceptors (Lipinski definition) is 6. The summed E-state index contributed by atoms with van der Waals surface area (Å²) < 4.78 is 6.79. The molecule has 0 amide bonds. The summed E-state index contributed by atoms with van der Waals surface area (Å²) in [6, 6.07) is 2.94. The zero-order chi connectivity index (χ0) is 22.0. The van der Waals surface area contributed by atoms with E-state index in [1.165, 1.54) is 25.4 Å². The van der Waals surface area contributed by atoms with Crippen molar-refractivity contribution in [1.82, 2.24) is 24.7 Å². The van der Waals surface area contributed by atoms with Gasteiger partial charge in [0.15, 0.2) is 16.6 Å². The van der Waals surface area contributed by atoms with Crippen LogP contribution in [0.1, 0.15) is 38.3 Å². The van der Waals surface area contributed by atoms with Crippen molar-refractivity contribution in [2.45, 2.75) is 32.6 Å². The smallest absolute Gasteiger partial charge is 0.344 e. The van der Waals surface area contributed by atoms with Crippen LogP contribution >= 0.6 is 34.8 Å². The standard InChI is InChI=1S/C19H18Cl3N5O3/c1-4-9(5-2)14-17(22)23-8-13(24-14)30-16-11(20)6-10(7-12(16)21)15-18(28)25-19(29)27(3)26-15/h6-9H,4-5H2,1-3H3,(H,25,28,29). The Morgan fingerprint density at radius 2 is 1.77 bits per heavy atom. The maximum atomic E-state index is 12.1. The molecule has 2 aromatic heterocycles. The van der Waals surface area contributed by atoms with Crippen molar-refractivity contribution in [3.8, 4) is 22.9 Å². The minimum atomic E-state index is -0.655. The molecule has 2 heterocycles. The fourth-order valence-corrected chi connectivity index (χ4v) is 3.73. The lowest BCUT2D eigenvalue weighted by molar-refractivity contribution is 0.454. The highest BCUT2D eigenvalue weighted by atomic mass is 35.5. The van der Waals surface area contributed by atoms with Gasteiger partial charge in [0.25, 0.3) is 5.56 Å². The molecular weight excluding hydrogens is 453 g/mol. The second kappa shape index (κ2) is 9.16. The van der Waals surface area contributed by atoms with Gasteiger partial charge in [0.05, 0.1) is 21.9 Å². The Bertz CT molecular complexity index is 1180. The average molecular weight is 471 g/mol. The van der Waals surface area contributed by atoms with Crippen molar-refractivity contribution >= 4 is 34.8 Å². The topological polar surface area (TPSA) is 103 Å². The molecule has 158 valence electrons. The van der Waals surface area contributed by atoms with Crippen LogP contribution in [0.2, 0.25) is 15.2 Å². The number of nitrogens with one attached hydrogen (secondary N) is 1. The lowest BCUT2D eigenvalue weighted by Gasteiger charge is -2.15. The van der Waals surface area contributed by atoms with E-state index in [1.54, 1.807) is 0 Å². The van der Waals surface area contributed by atoms with E-state index in [9.17, 15) is 9.59 Å². The summed E-state index contributed by atoms with van der Waals surface area (Å²) in [5, 5.41) is 4.55. The Morgan fingerprint density at radius 1 is 1.13 bits per heavy atom. The maximum absolute atomic E-state index is 12.1. The number of aryl methyl sites for hydroxylation is 1. The molecule has 0 atom stereocenters. The molecular formula is C19H18Cl3N5O3. The summed E-state index contributed by atoms with van der Waals surface area (Å²) in [6.07, 6.45) is 3.09. The molecule has 0 fully saturated rings. The Balaban J connectivity index is 2.00. The zero-order valence-corrected chi connectivity index (χ0v) is 18.6. The molecule has 0 unspecified atom stereocenters. The van der Waals surface area contributed by atoms with Gasteiger partial charge in [-0.05, 0) is 25.0 Å². The number of H-pyrrole nitrogens is 1. The van der Waals surface area contributed by atoms with E-state index in [2.05, 4.69) is 20.1 Å². The van der Waals surface area contributed by atoms with Crippen LogP contribution in [0.4, 0.5) is 0 Å². The van der Waals surface area contributed by atoms with Crippen LogP contribution in [0.25, 0.3) is 11.3 Å². The van der Waals surface area contributed by atoms with Gasteiger partial charge in [-0.2, -0.15) is 5.10 Å². The Hall–Kier alpha value is -2.42. The first-order valence-electron chi connectivity index (χ1n) is 9.12. The number of halogens is 3. The quantitative estimate of drug-likeness (QED) is 0.565. The molecule has 0 spiro atoms. The van der Waals surface area contributed by atoms with Gasteiger partial charge in [0.1, 0.15) is 0 Å². The lowest BCUT2D eigenvalue weighted by atomic mass is 10.00. The van der Waals surface area contributed by atoms with E-state index in [1.807, 2.05) is 13.8 Å². The van der Waals surface area contributed by atoms with Gasteiger partial charge in [-0.25, -0.2) is 19.4 Å². The summed E-state index contributed by atoms with van der Waals surface area (Å²) >= 11 is 18.9. The van der Waals surface area contributed by atoms with E-state index in [-0.39, 0.29) is 33.3 Å². The van der Waals surface area contributed by atoms with Gasteiger partial charge in [-0.1, -0.05) is 48.7 Å². The first-order valence-corrected chi connectivity index (χ1v) is 10.3. The fraction of sp³-hybridized carbons (Fsp3) is 0.316. The highest BCUT2D eigenvalue weighted by molar-refractivity contribution is 6.37. The summed E-state index contributed by atoms with van der Waals surface area (Å²) in [5.41, 5.74) is -0.319. The number of ether oxygens (including phenoxy) is 1. The van der Waals surface area contributed by atoms with E-state index < -0.39 is 11.2 Å². The molecule has 0 radical (unpaired) electrons. The third-order valence-electron chi connectivity index (χ3n) is 4.56. The van der Waals surface area contributed by atoms with Crippen molar-refractivity contribution in [1.29, 1.82) is 0 Å². The molecule has 0 aliphatic rings. The highest BCUT2D eigenvalue weighted by Crippen LogP contribution is 2.39. The summed E-state index contributed by atoms with van der Waals surface area (Å²) in [7, 11) is 1.42. The third kappa shape index (κ3) is 4.50. The van der Waals surface area contributed by atoms with Crippen LogP contribution in [0.3, 0.4) is 0 Å². The largest absolute Gasteiger partial charge is 0.434 e. The van der Waals surface area contributed by atoms with Crippen molar-refractivity contribution in [3.63, 3.8) is 0 Å². The van der Waals surface area contributed by atoms with Gasteiger partial charge >= 0.3 is 5.69 Å². The third-order valence-corrected chi connectivity index (χ3v) is 5.41. The molecule has 0 saturated heterocycles. The predicted molar refractivity (Wildman–Crippen MR) is 116 cm³/mol. The van der Waals surface area contributed by atoms with Crippen molar-refractivity contribution in [2.75, 3.05) is 0 Å². The normalized spacial score (nSPS) is 11.2. The fourth-order valence-electron chi connectivity index (χ4n) is 2.92. The van der Waals surface area contributed by atoms with E-state index in [4.69, 9.17) is 39.5 Å². The van der Waals surface area contributed by atoms with E-state index in [0.29, 0.717) is 16.4 Å². The SMILES string of the molecule is CCC(CC)c1nc(Oc2c(Cl)cc(-c3nn(C)c(=O)[nH]c3=O)cc2Cl)cnc1Cl. The number of benzene rings is 1. The van der Waals surface area contributed by atoms with Gasteiger partial charge in [0, 0.05) is 18.5 Å². The first kappa shape index (κ1) is 22.3. The molecule has 0 aliphatic heterocycles. The van der Waals surface area contributed by atoms with Crippen LogP contribution < -0.4 is 16.0 Å². The van der Waals surface area contributed by atoms with Crippen LogP contribution in [0.5, 0.6) is 11.6 Å². The second-order valence-corrected chi connectivity index (χ2v) is 7.67. The molecule has 8 nitrogen and oxygen atoms in total. The second-order valence-electron chi connectivity index (χ2n) is 6.50. The number of nitrogens with zero attached hydrogens (tertiary/aromatic N) is 4. The number of aromatic nitrogens is 5. The molecule has 3 rings (SSSR count).